The normalized spacial score (nSPS) is 17.5. The van der Waals surface area contributed by atoms with E-state index in [1.165, 1.54) is 12.1 Å². The van der Waals surface area contributed by atoms with Gasteiger partial charge in [0.15, 0.2) is 0 Å². The van der Waals surface area contributed by atoms with E-state index in [0.29, 0.717) is 26.2 Å². The molecule has 0 bridgehead atoms. The lowest BCUT2D eigenvalue weighted by molar-refractivity contribution is -0.138. The van der Waals surface area contributed by atoms with Crippen molar-refractivity contribution < 1.29 is 14.0 Å². The Kier molecular flexibility index (Phi) is 5.07. The maximum Gasteiger partial charge on any atom is 0.246 e. The van der Waals surface area contributed by atoms with Crippen LogP contribution in [0.25, 0.3) is 16.5 Å². The highest BCUT2D eigenvalue weighted by atomic mass is 32.1. The zero-order valence-electron chi connectivity index (χ0n) is 14.9. The van der Waals surface area contributed by atoms with Crippen LogP contribution in [0.2, 0.25) is 0 Å². The zero-order chi connectivity index (χ0) is 18.8. The molecule has 27 heavy (non-hydrogen) atoms. The molecule has 0 spiro atoms. The van der Waals surface area contributed by atoms with Crippen LogP contribution in [0.4, 0.5) is 4.39 Å². The van der Waals surface area contributed by atoms with Gasteiger partial charge in [-0.25, -0.2) is 4.39 Å². The Bertz CT molecular complexity index is 863. The molecule has 0 radical (unpaired) electrons. The van der Waals surface area contributed by atoms with Crippen molar-refractivity contribution >= 4 is 29.2 Å². The summed E-state index contributed by atoms with van der Waals surface area (Å²) < 4.78 is 13.0. The molecular weight excluding hydrogens is 363 g/mol. The first-order valence-electron chi connectivity index (χ1n) is 9.22. The lowest BCUT2D eigenvalue weighted by atomic mass is 10.2. The molecule has 0 N–H and O–H groups in total. The number of benzene rings is 1. The van der Waals surface area contributed by atoms with E-state index in [2.05, 4.69) is 0 Å². The Hall–Kier alpha value is -2.47. The van der Waals surface area contributed by atoms with E-state index < -0.39 is 0 Å². The molecule has 0 atom stereocenters. The molecular formula is C21H21FN2O2S. The Morgan fingerprint density at radius 2 is 1.63 bits per heavy atom. The van der Waals surface area contributed by atoms with Crippen molar-refractivity contribution in [1.82, 2.24) is 9.80 Å². The number of halogens is 1. The fourth-order valence-corrected chi connectivity index (χ4v) is 4.12. The van der Waals surface area contributed by atoms with Crippen LogP contribution in [0.5, 0.6) is 0 Å². The van der Waals surface area contributed by atoms with Crippen molar-refractivity contribution in [3.63, 3.8) is 0 Å². The number of hydrogen-bond acceptors (Lipinski definition) is 3. The average Bonchev–Trinajstić information content (AvgIpc) is 3.44. The van der Waals surface area contributed by atoms with E-state index in [0.717, 1.165) is 28.2 Å². The summed E-state index contributed by atoms with van der Waals surface area (Å²) in [6.45, 7) is 2.44. The first-order valence-corrected chi connectivity index (χ1v) is 10.0. The van der Waals surface area contributed by atoms with E-state index in [1.807, 2.05) is 23.1 Å². The molecule has 6 heteroatoms. The van der Waals surface area contributed by atoms with E-state index in [4.69, 9.17) is 0 Å². The van der Waals surface area contributed by atoms with Crippen LogP contribution < -0.4 is 0 Å². The minimum absolute atomic E-state index is 0.0229. The predicted octanol–water partition coefficient (Wildman–Crippen LogP) is 3.65. The van der Waals surface area contributed by atoms with Crippen LogP contribution in [0, 0.1) is 11.7 Å². The van der Waals surface area contributed by atoms with Gasteiger partial charge in [-0.15, -0.1) is 11.3 Å². The number of piperazine rings is 1. The van der Waals surface area contributed by atoms with Gasteiger partial charge in [0.05, 0.1) is 0 Å². The first kappa shape index (κ1) is 17.9. The highest BCUT2D eigenvalue weighted by molar-refractivity contribution is 7.16. The summed E-state index contributed by atoms with van der Waals surface area (Å²) in [5.74, 6) is 0.219. The number of amides is 2. The van der Waals surface area contributed by atoms with E-state index in [1.54, 1.807) is 34.4 Å². The van der Waals surface area contributed by atoms with Crippen molar-refractivity contribution in [3.8, 4) is 10.4 Å². The molecule has 4 nitrogen and oxygen atoms in total. The van der Waals surface area contributed by atoms with Gasteiger partial charge >= 0.3 is 0 Å². The number of carbonyl (C=O) groups excluding carboxylic acids is 2. The topological polar surface area (TPSA) is 40.6 Å². The second-order valence-electron chi connectivity index (χ2n) is 6.97. The van der Waals surface area contributed by atoms with Gasteiger partial charge in [-0.2, -0.15) is 0 Å². The van der Waals surface area contributed by atoms with Gasteiger partial charge in [0.25, 0.3) is 0 Å². The average molecular weight is 384 g/mol. The Morgan fingerprint density at radius 3 is 2.30 bits per heavy atom. The van der Waals surface area contributed by atoms with Gasteiger partial charge < -0.3 is 9.80 Å². The number of nitrogens with zero attached hydrogens (tertiary/aromatic N) is 2. The predicted molar refractivity (Wildman–Crippen MR) is 105 cm³/mol. The van der Waals surface area contributed by atoms with E-state index in [9.17, 15) is 14.0 Å². The zero-order valence-corrected chi connectivity index (χ0v) is 15.8. The number of hydrogen-bond donors (Lipinski definition) is 0. The number of rotatable bonds is 4. The Balaban J connectivity index is 1.32. The number of thiophene rings is 1. The summed E-state index contributed by atoms with van der Waals surface area (Å²) in [5.41, 5.74) is 0.962. The SMILES string of the molecule is O=C(/C=C/c1ccc(-c2ccc(F)cc2)s1)N1CCN(C(=O)C2CC2)CC1. The largest absolute Gasteiger partial charge is 0.339 e. The highest BCUT2D eigenvalue weighted by Crippen LogP contribution is 2.31. The van der Waals surface area contributed by atoms with Crippen LogP contribution >= 0.6 is 11.3 Å². The van der Waals surface area contributed by atoms with Gasteiger partial charge in [-0.1, -0.05) is 12.1 Å². The third kappa shape index (κ3) is 4.27. The first-order chi connectivity index (χ1) is 13.1. The van der Waals surface area contributed by atoms with Crippen molar-refractivity contribution in [2.75, 3.05) is 26.2 Å². The van der Waals surface area contributed by atoms with E-state index >= 15 is 0 Å². The summed E-state index contributed by atoms with van der Waals surface area (Å²) in [7, 11) is 0. The maximum atomic E-state index is 13.0. The van der Waals surface area contributed by atoms with Crippen LogP contribution in [-0.2, 0) is 9.59 Å². The van der Waals surface area contributed by atoms with Crippen LogP contribution in [0.15, 0.2) is 42.5 Å². The summed E-state index contributed by atoms with van der Waals surface area (Å²) in [5, 5.41) is 0. The van der Waals surface area contributed by atoms with Gasteiger partial charge in [0.2, 0.25) is 11.8 Å². The fourth-order valence-electron chi connectivity index (χ4n) is 3.21. The Labute approximate surface area is 161 Å². The second kappa shape index (κ2) is 7.64. The van der Waals surface area contributed by atoms with E-state index in [-0.39, 0.29) is 23.5 Å². The fraction of sp³-hybridized carbons (Fsp3) is 0.333. The molecule has 0 unspecified atom stereocenters. The van der Waals surface area contributed by atoms with Crippen molar-refractivity contribution in [1.29, 1.82) is 0 Å². The monoisotopic (exact) mass is 384 g/mol. The molecule has 1 saturated heterocycles. The van der Waals surface area contributed by atoms with Gasteiger partial charge in [-0.3, -0.25) is 9.59 Å². The molecule has 2 heterocycles. The minimum atomic E-state index is -0.250. The third-order valence-corrected chi connectivity index (χ3v) is 6.07. The quantitative estimate of drug-likeness (QED) is 0.755. The molecule has 2 aromatic rings. The molecule has 2 fully saturated rings. The summed E-state index contributed by atoms with van der Waals surface area (Å²) in [6.07, 6.45) is 5.45. The summed E-state index contributed by atoms with van der Waals surface area (Å²) in [6, 6.07) is 10.3. The van der Waals surface area contributed by atoms with Crippen molar-refractivity contribution in [3.05, 3.63) is 53.2 Å². The van der Waals surface area contributed by atoms with Crippen molar-refractivity contribution in [2.45, 2.75) is 12.8 Å². The maximum absolute atomic E-state index is 13.0. The molecule has 140 valence electrons. The van der Waals surface area contributed by atoms with Gasteiger partial charge in [-0.05, 0) is 48.7 Å². The lowest BCUT2D eigenvalue weighted by Crippen LogP contribution is -2.50. The lowest BCUT2D eigenvalue weighted by Gasteiger charge is -2.34. The van der Waals surface area contributed by atoms with Crippen LogP contribution in [0.1, 0.15) is 17.7 Å². The van der Waals surface area contributed by atoms with Crippen LogP contribution in [0.3, 0.4) is 0 Å². The molecule has 1 saturated carbocycles. The van der Waals surface area contributed by atoms with Crippen LogP contribution in [-0.4, -0.2) is 47.8 Å². The molecule has 2 amide bonds. The molecule has 1 aliphatic heterocycles. The highest BCUT2D eigenvalue weighted by Gasteiger charge is 2.34. The molecule has 4 rings (SSSR count). The van der Waals surface area contributed by atoms with Gasteiger partial charge in [0, 0.05) is 47.9 Å². The molecule has 1 aromatic heterocycles. The molecule has 2 aliphatic rings. The molecule has 1 aromatic carbocycles. The van der Waals surface area contributed by atoms with Crippen molar-refractivity contribution in [2.24, 2.45) is 5.92 Å². The third-order valence-electron chi connectivity index (χ3n) is 4.98. The summed E-state index contributed by atoms with van der Waals surface area (Å²) >= 11 is 1.56. The minimum Gasteiger partial charge on any atom is -0.339 e. The Morgan fingerprint density at radius 1 is 0.963 bits per heavy atom. The second-order valence-corrected chi connectivity index (χ2v) is 8.08. The number of carbonyl (C=O) groups is 2. The standard InChI is InChI=1S/C21H21FN2O2S/c22-17-5-3-15(4-6-17)19-9-7-18(27-19)8-10-20(25)23-11-13-24(14-12-23)21(26)16-1-2-16/h3-10,16H,1-2,11-14H2/b10-8+. The van der Waals surface area contributed by atoms with Gasteiger partial charge in [0.1, 0.15) is 5.82 Å². The summed E-state index contributed by atoms with van der Waals surface area (Å²) in [4.78, 5) is 30.2. The smallest absolute Gasteiger partial charge is 0.246 e. The molecule has 1 aliphatic carbocycles.